The predicted molar refractivity (Wildman–Crippen MR) is 90.8 cm³/mol. The van der Waals surface area contributed by atoms with Gasteiger partial charge in [0.05, 0.1) is 17.6 Å². The van der Waals surface area contributed by atoms with E-state index in [1.807, 2.05) is 6.92 Å². The predicted octanol–water partition coefficient (Wildman–Crippen LogP) is 1.97. The third-order valence-corrected chi connectivity index (χ3v) is 5.47. The number of hydrogen-bond acceptors (Lipinski definition) is 5. The molecule has 1 saturated heterocycles. The first-order valence-corrected chi connectivity index (χ1v) is 8.85. The van der Waals surface area contributed by atoms with Crippen molar-refractivity contribution in [3.63, 3.8) is 0 Å². The summed E-state index contributed by atoms with van der Waals surface area (Å²) < 4.78 is 32.6. The number of rotatable bonds is 4. The molecule has 1 aromatic rings. The van der Waals surface area contributed by atoms with Crippen molar-refractivity contribution in [2.75, 3.05) is 13.7 Å². The van der Waals surface area contributed by atoms with Crippen molar-refractivity contribution in [1.82, 2.24) is 10.0 Å². The first kappa shape index (κ1) is 20.2. The lowest BCUT2D eigenvalue weighted by Gasteiger charge is -2.30. The van der Waals surface area contributed by atoms with Crippen molar-refractivity contribution in [2.24, 2.45) is 0 Å². The molecule has 0 aromatic heterocycles. The van der Waals surface area contributed by atoms with Gasteiger partial charge in [-0.3, -0.25) is 0 Å². The maximum Gasteiger partial charge on any atom is 0.339 e. The van der Waals surface area contributed by atoms with Crippen LogP contribution in [0.25, 0.3) is 0 Å². The summed E-state index contributed by atoms with van der Waals surface area (Å²) in [6, 6.07) is 3.85. The maximum atomic E-state index is 12.6. The Morgan fingerprint density at radius 1 is 1.43 bits per heavy atom. The summed E-state index contributed by atoms with van der Waals surface area (Å²) in [5.74, 6) is -0.716. The normalized spacial score (nSPS) is 21.3. The number of hydrogen-bond donors (Lipinski definition) is 2. The summed E-state index contributed by atoms with van der Waals surface area (Å²) in [7, 11) is -2.67. The third kappa shape index (κ3) is 4.81. The summed E-state index contributed by atoms with van der Waals surface area (Å²) in [6.45, 7) is 2.79. The zero-order chi connectivity index (χ0) is 16.3. The molecule has 1 fully saturated rings. The zero-order valence-corrected chi connectivity index (χ0v) is 15.2. The molecule has 0 bridgehead atoms. The van der Waals surface area contributed by atoms with Gasteiger partial charge < -0.3 is 10.1 Å². The van der Waals surface area contributed by atoms with Crippen molar-refractivity contribution in [3.05, 3.63) is 28.8 Å². The average molecular weight is 383 g/mol. The second kappa shape index (κ2) is 8.30. The first-order chi connectivity index (χ1) is 10.3. The van der Waals surface area contributed by atoms with Crippen LogP contribution in [0.15, 0.2) is 23.1 Å². The minimum Gasteiger partial charge on any atom is -0.465 e. The SMILES string of the molecule is COC(=O)c1ccc(Cl)cc1S(=O)(=O)NC1CCCNC1C.Cl. The summed E-state index contributed by atoms with van der Waals surface area (Å²) in [6.07, 6.45) is 1.62. The molecule has 0 aliphatic carbocycles. The Morgan fingerprint density at radius 2 is 2.13 bits per heavy atom. The van der Waals surface area contributed by atoms with E-state index in [0.29, 0.717) is 0 Å². The van der Waals surface area contributed by atoms with Crippen molar-refractivity contribution in [3.8, 4) is 0 Å². The highest BCUT2D eigenvalue weighted by Gasteiger charge is 2.29. The molecule has 2 N–H and O–H groups in total. The highest BCUT2D eigenvalue weighted by atomic mass is 35.5. The molecule has 130 valence electrons. The van der Waals surface area contributed by atoms with Gasteiger partial charge in [-0.2, -0.15) is 0 Å². The number of sulfonamides is 1. The van der Waals surface area contributed by atoms with Crippen LogP contribution in [0, 0.1) is 0 Å². The number of ether oxygens (including phenoxy) is 1. The van der Waals surface area contributed by atoms with Gasteiger partial charge in [-0.25, -0.2) is 17.9 Å². The smallest absolute Gasteiger partial charge is 0.339 e. The van der Waals surface area contributed by atoms with Gasteiger partial charge in [0.25, 0.3) is 0 Å². The highest BCUT2D eigenvalue weighted by molar-refractivity contribution is 7.89. The van der Waals surface area contributed by atoms with Crippen LogP contribution in [0.1, 0.15) is 30.1 Å². The molecule has 2 rings (SSSR count). The van der Waals surface area contributed by atoms with Crippen molar-refractivity contribution in [1.29, 1.82) is 0 Å². The number of esters is 1. The van der Waals surface area contributed by atoms with E-state index in [0.717, 1.165) is 19.4 Å². The fraction of sp³-hybridized carbons (Fsp3) is 0.500. The van der Waals surface area contributed by atoms with E-state index in [1.54, 1.807) is 0 Å². The van der Waals surface area contributed by atoms with E-state index in [4.69, 9.17) is 11.6 Å². The fourth-order valence-electron chi connectivity index (χ4n) is 2.46. The molecule has 1 heterocycles. The molecular formula is C14H20Cl2N2O4S. The van der Waals surface area contributed by atoms with Crippen LogP contribution in [0.2, 0.25) is 5.02 Å². The number of piperidine rings is 1. The molecular weight excluding hydrogens is 363 g/mol. The molecule has 0 amide bonds. The number of methoxy groups -OCH3 is 1. The van der Waals surface area contributed by atoms with Gasteiger partial charge in [0.2, 0.25) is 10.0 Å². The Balaban J connectivity index is 0.00000264. The van der Waals surface area contributed by atoms with Gasteiger partial charge in [0, 0.05) is 17.1 Å². The molecule has 1 aromatic carbocycles. The summed E-state index contributed by atoms with van der Waals surface area (Å²) in [5.41, 5.74) is -0.0316. The largest absolute Gasteiger partial charge is 0.465 e. The summed E-state index contributed by atoms with van der Waals surface area (Å²) in [5, 5.41) is 3.46. The van der Waals surface area contributed by atoms with Crippen LogP contribution >= 0.6 is 24.0 Å². The molecule has 0 spiro atoms. The van der Waals surface area contributed by atoms with Crippen LogP contribution in [0.5, 0.6) is 0 Å². The molecule has 0 radical (unpaired) electrons. The van der Waals surface area contributed by atoms with Gasteiger partial charge in [-0.1, -0.05) is 11.6 Å². The molecule has 9 heteroatoms. The van der Waals surface area contributed by atoms with Gasteiger partial charge in [0.1, 0.15) is 0 Å². The summed E-state index contributed by atoms with van der Waals surface area (Å²) >= 11 is 5.89. The fourth-order valence-corrected chi connectivity index (χ4v) is 4.27. The monoisotopic (exact) mass is 382 g/mol. The molecule has 1 aliphatic rings. The minimum atomic E-state index is -3.88. The Bertz CT molecular complexity index is 667. The second-order valence-electron chi connectivity index (χ2n) is 5.24. The van der Waals surface area contributed by atoms with Crippen LogP contribution in [-0.2, 0) is 14.8 Å². The molecule has 2 unspecified atom stereocenters. The molecule has 23 heavy (non-hydrogen) atoms. The Hall–Kier alpha value is -0.860. The lowest BCUT2D eigenvalue weighted by atomic mass is 10.0. The van der Waals surface area contributed by atoms with Crippen LogP contribution in [0.4, 0.5) is 0 Å². The van der Waals surface area contributed by atoms with Crippen LogP contribution in [0.3, 0.4) is 0 Å². The molecule has 2 atom stereocenters. The Kier molecular flexibility index (Phi) is 7.29. The lowest BCUT2D eigenvalue weighted by Crippen LogP contribution is -2.51. The maximum absolute atomic E-state index is 12.6. The number of carbonyl (C=O) groups is 1. The topological polar surface area (TPSA) is 84.5 Å². The molecule has 0 saturated carbocycles. The van der Waals surface area contributed by atoms with Gasteiger partial charge in [-0.15, -0.1) is 12.4 Å². The number of halogens is 2. The van der Waals surface area contributed by atoms with E-state index < -0.39 is 16.0 Å². The number of carbonyl (C=O) groups excluding carboxylic acids is 1. The van der Waals surface area contributed by atoms with Crippen LogP contribution < -0.4 is 10.0 Å². The van der Waals surface area contributed by atoms with E-state index in [2.05, 4.69) is 14.8 Å². The average Bonchev–Trinajstić information content (AvgIpc) is 2.48. The second-order valence-corrected chi connectivity index (χ2v) is 7.36. The standard InChI is InChI=1S/C14H19ClN2O4S.ClH/c1-9-12(4-3-7-16-9)17-22(19,20)13-8-10(15)5-6-11(13)14(18)21-2;/h5-6,8-9,12,16-17H,3-4,7H2,1-2H3;1H. The minimum absolute atomic E-state index is 0. The van der Waals surface area contributed by atoms with Crippen molar-refractivity contribution >= 4 is 40.0 Å². The van der Waals surface area contributed by atoms with E-state index in [1.165, 1.54) is 25.3 Å². The quantitative estimate of drug-likeness (QED) is 0.777. The van der Waals surface area contributed by atoms with Crippen LogP contribution in [-0.4, -0.2) is 40.1 Å². The van der Waals surface area contributed by atoms with Gasteiger partial charge in [0.15, 0.2) is 0 Å². The van der Waals surface area contributed by atoms with Crippen molar-refractivity contribution in [2.45, 2.75) is 36.7 Å². The molecule has 1 aliphatic heterocycles. The van der Waals surface area contributed by atoms with E-state index >= 15 is 0 Å². The van der Waals surface area contributed by atoms with Gasteiger partial charge in [-0.05, 0) is 44.5 Å². The number of benzene rings is 1. The van der Waals surface area contributed by atoms with E-state index in [-0.39, 0.29) is 40.0 Å². The zero-order valence-electron chi connectivity index (χ0n) is 12.8. The number of nitrogens with one attached hydrogen (secondary N) is 2. The molecule has 6 nitrogen and oxygen atoms in total. The highest BCUT2D eigenvalue weighted by Crippen LogP contribution is 2.23. The third-order valence-electron chi connectivity index (χ3n) is 3.71. The van der Waals surface area contributed by atoms with Crippen molar-refractivity contribution < 1.29 is 17.9 Å². The lowest BCUT2D eigenvalue weighted by molar-refractivity contribution is 0.0596. The Labute approximate surface area is 147 Å². The van der Waals surface area contributed by atoms with E-state index in [9.17, 15) is 13.2 Å². The first-order valence-electron chi connectivity index (χ1n) is 6.98. The summed E-state index contributed by atoms with van der Waals surface area (Å²) in [4.78, 5) is 11.6. The van der Waals surface area contributed by atoms with Gasteiger partial charge >= 0.3 is 5.97 Å². The Morgan fingerprint density at radius 3 is 2.74 bits per heavy atom.